The van der Waals surface area contributed by atoms with E-state index in [0.29, 0.717) is 24.0 Å². The summed E-state index contributed by atoms with van der Waals surface area (Å²) < 4.78 is 15.4. The highest BCUT2D eigenvalue weighted by Gasteiger charge is 2.13. The van der Waals surface area contributed by atoms with Crippen LogP contribution in [0.5, 0.6) is 5.75 Å². The van der Waals surface area contributed by atoms with Crippen molar-refractivity contribution >= 4 is 5.97 Å². The first kappa shape index (κ1) is 19.5. The number of esters is 1. The molecule has 0 bridgehead atoms. The van der Waals surface area contributed by atoms with Gasteiger partial charge in [0.2, 0.25) is 0 Å². The Morgan fingerprint density at radius 2 is 2.13 bits per heavy atom. The maximum absolute atomic E-state index is 11.4. The lowest BCUT2D eigenvalue weighted by Crippen LogP contribution is -2.05. The van der Waals surface area contributed by atoms with Gasteiger partial charge in [-0.05, 0) is 43.9 Å². The summed E-state index contributed by atoms with van der Waals surface area (Å²) in [5.41, 5.74) is 0.526. The van der Waals surface area contributed by atoms with Crippen LogP contribution in [0, 0.1) is 0 Å². The third-order valence-corrected chi connectivity index (χ3v) is 3.65. The number of unbranched alkanes of at least 4 members (excludes halogenated alkanes) is 1. The van der Waals surface area contributed by atoms with Gasteiger partial charge in [-0.2, -0.15) is 0 Å². The predicted molar refractivity (Wildman–Crippen MR) is 92.1 cm³/mol. The van der Waals surface area contributed by atoms with Crippen molar-refractivity contribution in [1.82, 2.24) is 0 Å². The molecule has 0 aromatic heterocycles. The Bertz CT molecular complexity index is 439. The number of ether oxygens (including phenoxy) is 3. The van der Waals surface area contributed by atoms with Crippen molar-refractivity contribution in [3.8, 4) is 5.75 Å². The van der Waals surface area contributed by atoms with Crippen LogP contribution in [0.3, 0.4) is 0 Å². The molecule has 2 rings (SSSR count). The van der Waals surface area contributed by atoms with Crippen molar-refractivity contribution in [2.75, 3.05) is 20.3 Å². The van der Waals surface area contributed by atoms with E-state index in [2.05, 4.69) is 6.92 Å². The van der Waals surface area contributed by atoms with Crippen LogP contribution in [0.15, 0.2) is 24.3 Å². The molecule has 1 atom stereocenters. The minimum atomic E-state index is -0.300. The van der Waals surface area contributed by atoms with Gasteiger partial charge in [0, 0.05) is 6.61 Å². The van der Waals surface area contributed by atoms with E-state index < -0.39 is 0 Å². The average molecular weight is 322 g/mol. The molecule has 0 spiro atoms. The van der Waals surface area contributed by atoms with E-state index >= 15 is 0 Å². The third kappa shape index (κ3) is 8.03. The van der Waals surface area contributed by atoms with Crippen LogP contribution in [0.25, 0.3) is 0 Å². The van der Waals surface area contributed by atoms with Crippen LogP contribution in [-0.2, 0) is 9.47 Å². The molecule has 1 fully saturated rings. The lowest BCUT2D eigenvalue weighted by atomic mass is 10.1. The fourth-order valence-corrected chi connectivity index (χ4v) is 2.33. The summed E-state index contributed by atoms with van der Waals surface area (Å²) in [6.45, 7) is 5.65. The normalized spacial score (nSPS) is 16.4. The molecule has 130 valence electrons. The largest absolute Gasteiger partial charge is 0.497 e. The highest BCUT2D eigenvalue weighted by molar-refractivity contribution is 5.89. The molecule has 1 aliphatic rings. The summed E-state index contributed by atoms with van der Waals surface area (Å²) in [6, 6.07) is 6.93. The van der Waals surface area contributed by atoms with Crippen LogP contribution in [0.1, 0.15) is 62.7 Å². The zero-order chi connectivity index (χ0) is 16.9. The molecule has 0 N–H and O–H groups in total. The maximum atomic E-state index is 11.4. The van der Waals surface area contributed by atoms with Gasteiger partial charge in [0.25, 0.3) is 0 Å². The summed E-state index contributed by atoms with van der Waals surface area (Å²) in [5.74, 6) is 0.363. The van der Waals surface area contributed by atoms with Gasteiger partial charge in [-0.3, -0.25) is 0 Å². The fourth-order valence-electron chi connectivity index (χ4n) is 2.33. The Hall–Kier alpha value is -1.55. The van der Waals surface area contributed by atoms with E-state index in [1.165, 1.54) is 32.1 Å². The lowest BCUT2D eigenvalue weighted by Gasteiger charge is -2.06. The van der Waals surface area contributed by atoms with Crippen LogP contribution in [-0.4, -0.2) is 32.4 Å². The van der Waals surface area contributed by atoms with E-state index in [4.69, 9.17) is 14.2 Å². The van der Waals surface area contributed by atoms with Gasteiger partial charge in [-0.15, -0.1) is 0 Å². The van der Waals surface area contributed by atoms with Crippen molar-refractivity contribution in [1.29, 1.82) is 0 Å². The molecule has 0 aliphatic carbocycles. The molecule has 4 heteroatoms. The van der Waals surface area contributed by atoms with E-state index in [1.807, 2.05) is 6.92 Å². The molecule has 1 saturated heterocycles. The minimum Gasteiger partial charge on any atom is -0.497 e. The standard InChI is InChI=1S/C11H14O3.C8H16O/c1-3-7-14-11(12)9-5-4-6-10(8-9)13-2;1-2-3-5-8-6-4-7-9-8/h4-6,8H,3,7H2,1-2H3;8H,2-7H2,1H3. The van der Waals surface area contributed by atoms with Gasteiger partial charge in [-0.1, -0.05) is 32.8 Å². The molecule has 1 aromatic carbocycles. The van der Waals surface area contributed by atoms with Crippen molar-refractivity contribution in [3.63, 3.8) is 0 Å². The van der Waals surface area contributed by atoms with E-state index in [1.54, 1.807) is 31.4 Å². The predicted octanol–water partition coefficient (Wildman–Crippen LogP) is 4.62. The highest BCUT2D eigenvalue weighted by Crippen LogP contribution is 2.17. The fraction of sp³-hybridized carbons (Fsp3) is 0.632. The first-order chi connectivity index (χ1) is 11.2. The molecule has 0 radical (unpaired) electrons. The van der Waals surface area contributed by atoms with Crippen molar-refractivity contribution in [2.24, 2.45) is 0 Å². The molecular formula is C19H30O4. The quantitative estimate of drug-likeness (QED) is 0.687. The van der Waals surface area contributed by atoms with Crippen LogP contribution in [0.2, 0.25) is 0 Å². The molecule has 1 heterocycles. The topological polar surface area (TPSA) is 44.8 Å². The second-order valence-corrected chi connectivity index (χ2v) is 5.65. The zero-order valence-corrected chi connectivity index (χ0v) is 14.7. The van der Waals surface area contributed by atoms with Crippen molar-refractivity contribution in [3.05, 3.63) is 29.8 Å². The first-order valence-corrected chi connectivity index (χ1v) is 8.64. The number of carbonyl (C=O) groups is 1. The summed E-state index contributed by atoms with van der Waals surface area (Å²) in [4.78, 5) is 11.4. The van der Waals surface area contributed by atoms with E-state index in [0.717, 1.165) is 13.0 Å². The van der Waals surface area contributed by atoms with Crippen LogP contribution in [0.4, 0.5) is 0 Å². The molecule has 1 aliphatic heterocycles. The van der Waals surface area contributed by atoms with Crippen LogP contribution >= 0.6 is 0 Å². The summed E-state index contributed by atoms with van der Waals surface area (Å²) in [6.07, 6.45) is 7.97. The smallest absolute Gasteiger partial charge is 0.338 e. The number of benzene rings is 1. The highest BCUT2D eigenvalue weighted by atomic mass is 16.5. The van der Waals surface area contributed by atoms with Gasteiger partial charge >= 0.3 is 5.97 Å². The van der Waals surface area contributed by atoms with E-state index in [9.17, 15) is 4.79 Å². The molecule has 1 aromatic rings. The molecule has 4 nitrogen and oxygen atoms in total. The Morgan fingerprint density at radius 1 is 1.30 bits per heavy atom. The monoisotopic (exact) mass is 322 g/mol. The molecular weight excluding hydrogens is 292 g/mol. The number of hydrogen-bond donors (Lipinski definition) is 0. The Kier molecular flexibility index (Phi) is 10.1. The summed E-state index contributed by atoms with van der Waals surface area (Å²) in [7, 11) is 1.57. The number of rotatable bonds is 7. The van der Waals surface area contributed by atoms with Crippen molar-refractivity contribution < 1.29 is 19.0 Å². The molecule has 0 amide bonds. The number of hydrogen-bond acceptors (Lipinski definition) is 4. The lowest BCUT2D eigenvalue weighted by molar-refractivity contribution is 0.0504. The first-order valence-electron chi connectivity index (χ1n) is 8.64. The van der Waals surface area contributed by atoms with Crippen LogP contribution < -0.4 is 4.74 Å². The summed E-state index contributed by atoms with van der Waals surface area (Å²) >= 11 is 0. The van der Waals surface area contributed by atoms with Gasteiger partial charge in [0.15, 0.2) is 0 Å². The number of carbonyl (C=O) groups excluding carboxylic acids is 1. The minimum absolute atomic E-state index is 0.300. The maximum Gasteiger partial charge on any atom is 0.338 e. The second kappa shape index (κ2) is 11.9. The number of methoxy groups -OCH3 is 1. The third-order valence-electron chi connectivity index (χ3n) is 3.65. The van der Waals surface area contributed by atoms with Gasteiger partial charge in [0.05, 0.1) is 25.4 Å². The SMILES string of the molecule is CCCCC1CCCO1.CCCOC(=O)c1cccc(OC)c1. The second-order valence-electron chi connectivity index (χ2n) is 5.65. The van der Waals surface area contributed by atoms with E-state index in [-0.39, 0.29) is 5.97 Å². The molecule has 0 saturated carbocycles. The Labute approximate surface area is 140 Å². The molecule has 23 heavy (non-hydrogen) atoms. The average Bonchev–Trinajstić information content (AvgIpc) is 3.12. The Morgan fingerprint density at radius 3 is 2.74 bits per heavy atom. The molecule has 1 unspecified atom stereocenters. The zero-order valence-electron chi connectivity index (χ0n) is 14.7. The van der Waals surface area contributed by atoms with Gasteiger partial charge in [0.1, 0.15) is 5.75 Å². The summed E-state index contributed by atoms with van der Waals surface area (Å²) in [5, 5.41) is 0. The van der Waals surface area contributed by atoms with Crippen molar-refractivity contribution in [2.45, 2.75) is 58.5 Å². The van der Waals surface area contributed by atoms with Gasteiger partial charge < -0.3 is 14.2 Å². The van der Waals surface area contributed by atoms with Gasteiger partial charge in [-0.25, -0.2) is 4.79 Å². The Balaban J connectivity index is 0.000000253.